The van der Waals surface area contributed by atoms with Gasteiger partial charge in [0.25, 0.3) is 11.6 Å². The van der Waals surface area contributed by atoms with Crippen molar-refractivity contribution < 1.29 is 19.2 Å². The number of carbonyl (C=O) groups excluding carboxylic acids is 1. The van der Waals surface area contributed by atoms with Crippen LogP contribution in [0.25, 0.3) is 10.9 Å². The largest absolute Gasteiger partial charge is 0.486 e. The van der Waals surface area contributed by atoms with Crippen LogP contribution in [0.4, 0.5) is 11.4 Å². The Labute approximate surface area is 151 Å². The Morgan fingerprint density at radius 1 is 1.23 bits per heavy atom. The Balaban J connectivity index is 1.67. The van der Waals surface area contributed by atoms with Crippen LogP contribution in [0, 0.1) is 10.1 Å². The molecule has 3 aromatic rings. The zero-order valence-corrected chi connectivity index (χ0v) is 13.9. The Morgan fingerprint density at radius 2 is 1.96 bits per heavy atom. The third kappa shape index (κ3) is 2.78. The molecule has 2 heterocycles. The third-order valence-corrected chi connectivity index (χ3v) is 4.17. The summed E-state index contributed by atoms with van der Waals surface area (Å²) in [6.45, 7) is 0.822. The summed E-state index contributed by atoms with van der Waals surface area (Å²) in [6, 6.07) is 7.23. The number of halogens is 1. The number of benzene rings is 2. The zero-order valence-electron chi connectivity index (χ0n) is 13.1. The Kier molecular flexibility index (Phi) is 3.85. The number of aromatic amines is 1. The second-order valence-electron chi connectivity index (χ2n) is 5.49. The number of ether oxygens (including phenoxy) is 2. The summed E-state index contributed by atoms with van der Waals surface area (Å²) in [5.74, 6) is 0.411. The number of hydrogen-bond donors (Lipinski definition) is 2. The maximum absolute atomic E-state index is 12.6. The molecule has 1 aromatic heterocycles. The van der Waals surface area contributed by atoms with Crippen molar-refractivity contribution in [1.82, 2.24) is 10.2 Å². The lowest BCUT2D eigenvalue weighted by atomic mass is 10.1. The summed E-state index contributed by atoms with van der Waals surface area (Å²) in [5, 5.41) is 20.8. The van der Waals surface area contributed by atoms with Gasteiger partial charge in [-0.05, 0) is 6.07 Å². The number of hydrogen-bond acceptors (Lipinski definition) is 6. The van der Waals surface area contributed by atoms with E-state index < -0.39 is 10.8 Å². The fourth-order valence-electron chi connectivity index (χ4n) is 2.63. The minimum absolute atomic E-state index is 0.0228. The second-order valence-corrected chi connectivity index (χ2v) is 5.90. The van der Waals surface area contributed by atoms with E-state index in [1.165, 1.54) is 18.2 Å². The quantitative estimate of drug-likeness (QED) is 0.536. The molecule has 26 heavy (non-hydrogen) atoms. The van der Waals surface area contributed by atoms with E-state index in [0.29, 0.717) is 41.3 Å². The molecule has 0 atom stereocenters. The molecule has 9 nitrogen and oxygen atoms in total. The van der Waals surface area contributed by atoms with E-state index in [9.17, 15) is 14.9 Å². The maximum atomic E-state index is 12.6. The lowest BCUT2D eigenvalue weighted by Gasteiger charge is -2.19. The summed E-state index contributed by atoms with van der Waals surface area (Å²) in [7, 11) is 0. The van der Waals surface area contributed by atoms with Crippen LogP contribution >= 0.6 is 11.6 Å². The first-order valence-corrected chi connectivity index (χ1v) is 7.94. The summed E-state index contributed by atoms with van der Waals surface area (Å²) in [4.78, 5) is 23.0. The van der Waals surface area contributed by atoms with Crippen molar-refractivity contribution in [2.45, 2.75) is 0 Å². The van der Waals surface area contributed by atoms with Crippen molar-refractivity contribution in [2.24, 2.45) is 0 Å². The van der Waals surface area contributed by atoms with Gasteiger partial charge in [-0.3, -0.25) is 20.0 Å². The molecule has 2 aromatic carbocycles. The number of nitrogens with zero attached hydrogens (tertiary/aromatic N) is 2. The molecule has 4 rings (SSSR count). The van der Waals surface area contributed by atoms with Gasteiger partial charge in [0.1, 0.15) is 13.2 Å². The molecular weight excluding hydrogens is 364 g/mol. The van der Waals surface area contributed by atoms with Crippen LogP contribution in [-0.2, 0) is 0 Å². The van der Waals surface area contributed by atoms with Crippen LogP contribution < -0.4 is 14.8 Å². The lowest BCUT2D eigenvalue weighted by molar-refractivity contribution is -0.384. The van der Waals surface area contributed by atoms with Gasteiger partial charge in [-0.15, -0.1) is 0 Å². The average Bonchev–Trinajstić information content (AvgIpc) is 3.05. The van der Waals surface area contributed by atoms with Gasteiger partial charge in [0.05, 0.1) is 21.2 Å². The van der Waals surface area contributed by atoms with Crippen molar-refractivity contribution >= 4 is 39.8 Å². The molecule has 0 unspecified atom stereocenters. The average molecular weight is 375 g/mol. The van der Waals surface area contributed by atoms with Gasteiger partial charge < -0.3 is 14.8 Å². The van der Waals surface area contributed by atoms with Crippen LogP contribution in [0.15, 0.2) is 30.3 Å². The predicted molar refractivity (Wildman–Crippen MR) is 93.1 cm³/mol. The van der Waals surface area contributed by atoms with Crippen molar-refractivity contribution in [3.8, 4) is 11.5 Å². The Morgan fingerprint density at radius 3 is 2.69 bits per heavy atom. The number of aromatic nitrogens is 2. The van der Waals surface area contributed by atoms with Gasteiger partial charge >= 0.3 is 0 Å². The minimum Gasteiger partial charge on any atom is -0.486 e. The van der Waals surface area contributed by atoms with E-state index >= 15 is 0 Å². The Bertz CT molecular complexity index is 1050. The zero-order chi connectivity index (χ0) is 18.3. The minimum atomic E-state index is -0.560. The van der Waals surface area contributed by atoms with Gasteiger partial charge in [-0.25, -0.2) is 0 Å². The van der Waals surface area contributed by atoms with E-state index in [1.54, 1.807) is 12.1 Å². The molecule has 132 valence electrons. The topological polar surface area (TPSA) is 119 Å². The van der Waals surface area contributed by atoms with Gasteiger partial charge in [0.2, 0.25) is 0 Å². The van der Waals surface area contributed by atoms with Crippen molar-refractivity contribution in [3.05, 3.63) is 51.2 Å². The first kappa shape index (κ1) is 16.2. The highest BCUT2D eigenvalue weighted by Crippen LogP contribution is 2.38. The molecule has 1 aliphatic heterocycles. The summed E-state index contributed by atoms with van der Waals surface area (Å²) >= 11 is 6.18. The van der Waals surface area contributed by atoms with Crippen LogP contribution in [-0.4, -0.2) is 34.2 Å². The molecule has 1 amide bonds. The number of nitro groups is 1. The molecule has 0 saturated heterocycles. The number of nitrogens with one attached hydrogen (secondary N) is 2. The van der Waals surface area contributed by atoms with Crippen LogP contribution in [0.5, 0.6) is 11.5 Å². The molecule has 1 aliphatic rings. The maximum Gasteiger partial charge on any atom is 0.276 e. The first-order valence-electron chi connectivity index (χ1n) is 7.56. The van der Waals surface area contributed by atoms with Crippen LogP contribution in [0.2, 0.25) is 5.02 Å². The molecule has 0 radical (unpaired) electrons. The van der Waals surface area contributed by atoms with E-state index in [4.69, 9.17) is 21.1 Å². The van der Waals surface area contributed by atoms with Crippen LogP contribution in [0.1, 0.15) is 10.5 Å². The second kappa shape index (κ2) is 6.19. The molecule has 0 saturated carbocycles. The van der Waals surface area contributed by atoms with Gasteiger partial charge in [-0.2, -0.15) is 5.10 Å². The number of anilines is 1. The smallest absolute Gasteiger partial charge is 0.276 e. The molecule has 10 heteroatoms. The normalized spacial score (nSPS) is 12.8. The summed E-state index contributed by atoms with van der Waals surface area (Å²) in [6.07, 6.45) is 0. The number of non-ortho nitro benzene ring substituents is 1. The Hall–Kier alpha value is -3.33. The first-order chi connectivity index (χ1) is 12.5. The highest BCUT2D eigenvalue weighted by Gasteiger charge is 2.20. The van der Waals surface area contributed by atoms with Crippen molar-refractivity contribution in [2.75, 3.05) is 18.5 Å². The number of H-pyrrole nitrogens is 1. The summed E-state index contributed by atoms with van der Waals surface area (Å²) < 4.78 is 10.9. The van der Waals surface area contributed by atoms with E-state index in [0.717, 1.165) is 0 Å². The van der Waals surface area contributed by atoms with E-state index in [-0.39, 0.29) is 16.4 Å². The van der Waals surface area contributed by atoms with Gasteiger partial charge in [0, 0.05) is 29.7 Å². The number of nitro benzene ring substituents is 1. The lowest BCUT2D eigenvalue weighted by Crippen LogP contribution is -2.17. The number of rotatable bonds is 3. The third-order valence-electron chi connectivity index (χ3n) is 3.85. The van der Waals surface area contributed by atoms with E-state index in [1.807, 2.05) is 0 Å². The fraction of sp³-hybridized carbons (Fsp3) is 0.125. The monoisotopic (exact) mass is 374 g/mol. The molecule has 0 spiro atoms. The number of carbonyl (C=O) groups is 1. The highest BCUT2D eigenvalue weighted by atomic mass is 35.5. The molecule has 2 N–H and O–H groups in total. The number of amides is 1. The van der Waals surface area contributed by atoms with Crippen molar-refractivity contribution in [1.29, 1.82) is 0 Å². The van der Waals surface area contributed by atoms with Gasteiger partial charge in [0.15, 0.2) is 17.2 Å². The molecule has 0 bridgehead atoms. The highest BCUT2D eigenvalue weighted by molar-refractivity contribution is 6.34. The SMILES string of the molecule is O=C(Nc1cc2c(cc1Cl)OCCO2)c1n[nH]c2ccc([N+](=O)[O-])cc12. The van der Waals surface area contributed by atoms with E-state index in [2.05, 4.69) is 15.5 Å². The standard InChI is InChI=1S/C16H11ClN4O5/c17-10-6-13-14(26-4-3-25-13)7-12(10)18-16(22)15-9-5-8(21(23)24)1-2-11(9)19-20-15/h1-2,5-7H,3-4H2,(H,18,22)(H,19,20). The van der Waals surface area contributed by atoms with Crippen LogP contribution in [0.3, 0.4) is 0 Å². The molecular formula is C16H11ClN4O5. The fourth-order valence-corrected chi connectivity index (χ4v) is 2.83. The molecule has 0 fully saturated rings. The molecule has 0 aliphatic carbocycles. The van der Waals surface area contributed by atoms with Crippen molar-refractivity contribution in [3.63, 3.8) is 0 Å². The predicted octanol–water partition coefficient (Wildman–Crippen LogP) is 3.15. The summed E-state index contributed by atoms with van der Waals surface area (Å²) in [5.41, 5.74) is 0.719. The van der Waals surface area contributed by atoms with Gasteiger partial charge in [-0.1, -0.05) is 11.6 Å². The number of fused-ring (bicyclic) bond motifs is 2.